The van der Waals surface area contributed by atoms with Crippen molar-refractivity contribution >= 4 is 56.4 Å². The van der Waals surface area contributed by atoms with E-state index in [9.17, 15) is 0 Å². The Morgan fingerprint density at radius 1 is 0.362 bits per heavy atom. The van der Waals surface area contributed by atoms with E-state index in [1.807, 2.05) is 128 Å². The van der Waals surface area contributed by atoms with E-state index in [0.717, 1.165) is 78.1 Å². The summed E-state index contributed by atoms with van der Waals surface area (Å²) in [5.74, 6) is 1.48. The van der Waals surface area contributed by atoms with Crippen LogP contribution in [0.25, 0.3) is 61.1 Å². The minimum atomic E-state index is 0.378. The van der Waals surface area contributed by atoms with Gasteiger partial charge in [-0.05, 0) is 70.1 Å². The minimum Gasteiger partial charge on any atom is -0.383 e. The lowest BCUT2D eigenvalue weighted by Gasteiger charge is -2.11. The zero-order chi connectivity index (χ0) is 47.1. The summed E-state index contributed by atoms with van der Waals surface area (Å²) in [7, 11) is 0. The first kappa shape index (κ1) is 43.6. The maximum absolute atomic E-state index is 6.56. The molecule has 0 bridgehead atoms. The molecule has 1 heterocycles. The zero-order valence-electron chi connectivity index (χ0n) is 38.2. The van der Waals surface area contributed by atoms with Crippen molar-refractivity contribution in [1.29, 1.82) is 0 Å². The van der Waals surface area contributed by atoms with Gasteiger partial charge in [-0.25, -0.2) is 20.0 Å². The number of hydrogen-bond donors (Lipinski definition) is 1. The number of aliphatic imine (C=N–C) groups is 4. The van der Waals surface area contributed by atoms with Gasteiger partial charge in [-0.2, -0.15) is 0 Å². The summed E-state index contributed by atoms with van der Waals surface area (Å²) in [6.45, 7) is 10.7. The largest absolute Gasteiger partial charge is 0.383 e. The van der Waals surface area contributed by atoms with Gasteiger partial charge in [0.25, 0.3) is 0 Å². The van der Waals surface area contributed by atoms with Crippen LogP contribution in [0, 0.1) is 0 Å². The van der Waals surface area contributed by atoms with Crippen LogP contribution in [0.3, 0.4) is 0 Å². The standard InChI is InChI=1S/C63H48N6/c1-43(46-19-9-4-10-20-46)65-62(52-25-15-7-16-26-52)66-45(3)48-29-31-49(32-30-48)54-37-39-57-58-40-38-55(42-60(58)69(59(57)41-54)56-27-17-8-18-28-56)50-33-35-53(36-34-50)63(67-44(2)47-21-11-5-12-22-47)68-61(64)51-23-13-6-14-24-51/h4-42H,2-3H2,1H3,(H2,64,67,68). The molecule has 0 saturated heterocycles. The normalized spacial score (nSPS) is 12.4. The monoisotopic (exact) mass is 888 g/mol. The van der Waals surface area contributed by atoms with Gasteiger partial charge in [-0.3, -0.25) is 0 Å². The topological polar surface area (TPSA) is 80.4 Å². The molecule has 10 rings (SSSR count). The lowest BCUT2D eigenvalue weighted by molar-refractivity contribution is 1.18. The highest BCUT2D eigenvalue weighted by Gasteiger charge is 2.16. The molecule has 330 valence electrons. The zero-order valence-corrected chi connectivity index (χ0v) is 38.2. The highest BCUT2D eigenvalue weighted by Crippen LogP contribution is 2.37. The highest BCUT2D eigenvalue weighted by atomic mass is 15.0. The van der Waals surface area contributed by atoms with Crippen LogP contribution in [0.5, 0.6) is 0 Å². The van der Waals surface area contributed by atoms with Crippen molar-refractivity contribution in [2.75, 3.05) is 0 Å². The van der Waals surface area contributed by atoms with Crippen molar-refractivity contribution in [3.8, 4) is 27.9 Å². The molecule has 0 fully saturated rings. The number of benzene rings is 9. The molecule has 1 aromatic heterocycles. The van der Waals surface area contributed by atoms with E-state index in [2.05, 4.69) is 133 Å². The SMILES string of the molecule is C=C(N=C(N=C(C)c1ccccc1)c1ccccc1)c1ccc(-c2ccc3c4ccc(-c5ccc(C(N=C(N)c6ccccc6)=NC(=C)c6ccccc6)cc5)cc4n(-c4ccccc4)c3c2)cc1. The predicted octanol–water partition coefficient (Wildman–Crippen LogP) is 14.9. The van der Waals surface area contributed by atoms with Gasteiger partial charge in [-0.1, -0.05) is 225 Å². The van der Waals surface area contributed by atoms with Crippen LogP contribution in [0.2, 0.25) is 0 Å². The quantitative estimate of drug-likeness (QED) is 0.102. The molecule has 0 amide bonds. The molecule has 2 N–H and O–H groups in total. The number of rotatable bonds is 11. The molecular weight excluding hydrogens is 841 g/mol. The average Bonchev–Trinajstić information content (AvgIpc) is 3.74. The Balaban J connectivity index is 0.982. The van der Waals surface area contributed by atoms with E-state index in [1.54, 1.807) is 0 Å². The Kier molecular flexibility index (Phi) is 12.4. The summed E-state index contributed by atoms with van der Waals surface area (Å²) >= 11 is 0. The van der Waals surface area contributed by atoms with Gasteiger partial charge in [0.05, 0.1) is 22.4 Å². The van der Waals surface area contributed by atoms with Crippen LogP contribution in [0.1, 0.15) is 40.3 Å². The van der Waals surface area contributed by atoms with Gasteiger partial charge >= 0.3 is 0 Å². The number of aromatic nitrogens is 1. The fraction of sp³-hybridized carbons (Fsp3) is 0.0159. The molecule has 10 aromatic rings. The third-order valence-electron chi connectivity index (χ3n) is 12.2. The molecule has 69 heavy (non-hydrogen) atoms. The Morgan fingerprint density at radius 3 is 1.22 bits per heavy atom. The first-order valence-corrected chi connectivity index (χ1v) is 22.9. The number of hydrogen-bond acceptors (Lipinski definition) is 2. The summed E-state index contributed by atoms with van der Waals surface area (Å²) in [5, 5.41) is 2.34. The third kappa shape index (κ3) is 9.55. The second kappa shape index (κ2) is 19.7. The first-order valence-electron chi connectivity index (χ1n) is 22.9. The summed E-state index contributed by atoms with van der Waals surface area (Å²) < 4.78 is 2.36. The Bertz CT molecular complexity index is 3590. The van der Waals surface area contributed by atoms with Crippen molar-refractivity contribution in [2.24, 2.45) is 25.7 Å². The number of fused-ring (bicyclic) bond motifs is 3. The predicted molar refractivity (Wildman–Crippen MR) is 291 cm³/mol. The van der Waals surface area contributed by atoms with Gasteiger partial charge in [0.1, 0.15) is 5.84 Å². The summed E-state index contributed by atoms with van der Waals surface area (Å²) in [5.41, 5.74) is 21.8. The van der Waals surface area contributed by atoms with Gasteiger partial charge in [0.2, 0.25) is 0 Å². The maximum Gasteiger partial charge on any atom is 0.162 e. The van der Waals surface area contributed by atoms with E-state index in [4.69, 9.17) is 25.7 Å². The summed E-state index contributed by atoms with van der Waals surface area (Å²) in [4.78, 5) is 19.7. The van der Waals surface area contributed by atoms with E-state index < -0.39 is 0 Å². The van der Waals surface area contributed by atoms with E-state index in [0.29, 0.717) is 28.9 Å². The summed E-state index contributed by atoms with van der Waals surface area (Å²) in [6, 6.07) is 80.6. The molecule has 0 radical (unpaired) electrons. The molecular formula is C63H48N6. The van der Waals surface area contributed by atoms with E-state index in [1.165, 1.54) is 10.8 Å². The summed E-state index contributed by atoms with van der Waals surface area (Å²) in [6.07, 6.45) is 0. The Labute approximate surface area is 402 Å². The maximum atomic E-state index is 6.56. The smallest absolute Gasteiger partial charge is 0.162 e. The van der Waals surface area contributed by atoms with Crippen molar-refractivity contribution < 1.29 is 0 Å². The van der Waals surface area contributed by atoms with Crippen molar-refractivity contribution in [2.45, 2.75) is 6.92 Å². The minimum absolute atomic E-state index is 0.378. The lowest BCUT2D eigenvalue weighted by Crippen LogP contribution is -2.16. The van der Waals surface area contributed by atoms with Crippen LogP contribution in [0.15, 0.2) is 270 Å². The fourth-order valence-electron chi connectivity index (χ4n) is 8.50. The van der Waals surface area contributed by atoms with Crippen LogP contribution in [-0.2, 0) is 0 Å². The molecule has 0 aliphatic heterocycles. The van der Waals surface area contributed by atoms with Crippen LogP contribution in [-0.4, -0.2) is 27.8 Å². The van der Waals surface area contributed by atoms with E-state index >= 15 is 0 Å². The van der Waals surface area contributed by atoms with Crippen LogP contribution in [0.4, 0.5) is 0 Å². The lowest BCUT2D eigenvalue weighted by atomic mass is 10.00. The second-order valence-corrected chi connectivity index (χ2v) is 16.7. The highest BCUT2D eigenvalue weighted by molar-refractivity contribution is 6.14. The number of amidine groups is 3. The van der Waals surface area contributed by atoms with Gasteiger partial charge < -0.3 is 10.3 Å². The Hall–Kier alpha value is -9.26. The fourth-order valence-corrected chi connectivity index (χ4v) is 8.50. The Morgan fingerprint density at radius 2 is 0.725 bits per heavy atom. The molecule has 9 aromatic carbocycles. The van der Waals surface area contributed by atoms with Crippen molar-refractivity contribution in [1.82, 2.24) is 4.57 Å². The van der Waals surface area contributed by atoms with Gasteiger partial charge in [0.15, 0.2) is 11.7 Å². The van der Waals surface area contributed by atoms with Crippen LogP contribution >= 0.6 is 0 Å². The molecule has 0 saturated carbocycles. The van der Waals surface area contributed by atoms with Gasteiger partial charge in [-0.15, -0.1) is 0 Å². The number of para-hydroxylation sites is 1. The molecule has 0 aliphatic rings. The third-order valence-corrected chi connectivity index (χ3v) is 12.2. The molecule has 0 spiro atoms. The molecule has 0 atom stereocenters. The average molecular weight is 889 g/mol. The van der Waals surface area contributed by atoms with Crippen LogP contribution < -0.4 is 5.73 Å². The van der Waals surface area contributed by atoms with Crippen molar-refractivity contribution in [3.63, 3.8) is 0 Å². The second-order valence-electron chi connectivity index (χ2n) is 16.7. The number of nitrogens with zero attached hydrogens (tertiary/aromatic N) is 5. The van der Waals surface area contributed by atoms with Gasteiger partial charge in [0, 0.05) is 38.9 Å². The molecule has 0 unspecified atom stereocenters. The molecule has 0 aliphatic carbocycles. The first-order chi connectivity index (χ1) is 33.9. The molecule has 6 heteroatoms. The van der Waals surface area contributed by atoms with E-state index in [-0.39, 0.29) is 0 Å². The molecule has 6 nitrogen and oxygen atoms in total. The number of nitrogens with two attached hydrogens (primary N) is 1. The van der Waals surface area contributed by atoms with Crippen molar-refractivity contribution in [3.05, 3.63) is 283 Å².